The highest BCUT2D eigenvalue weighted by molar-refractivity contribution is 5.81. The van der Waals surface area contributed by atoms with Crippen LogP contribution in [0.25, 0.3) is 0 Å². The van der Waals surface area contributed by atoms with Crippen LogP contribution in [0.4, 0.5) is 0 Å². The topological polar surface area (TPSA) is 63.2 Å². The summed E-state index contributed by atoms with van der Waals surface area (Å²) in [5, 5.41) is 0. The number of rotatable bonds is 13. The van der Waals surface area contributed by atoms with E-state index in [9.17, 15) is 4.79 Å². The summed E-state index contributed by atoms with van der Waals surface area (Å²) < 4.78 is 25.3. The van der Waals surface area contributed by atoms with Gasteiger partial charge >= 0.3 is 5.97 Å². The van der Waals surface area contributed by atoms with E-state index in [1.165, 1.54) is 6.08 Å². The Labute approximate surface area is 114 Å². The molecule has 112 valence electrons. The summed E-state index contributed by atoms with van der Waals surface area (Å²) in [4.78, 5) is 10.9. The zero-order valence-electron chi connectivity index (χ0n) is 11.8. The molecular formula is C13H24O6. The Morgan fingerprint density at radius 2 is 1.53 bits per heavy atom. The van der Waals surface area contributed by atoms with Gasteiger partial charge in [-0.3, -0.25) is 0 Å². The van der Waals surface area contributed by atoms with Gasteiger partial charge in [0.25, 0.3) is 0 Å². The van der Waals surface area contributed by atoms with Crippen molar-refractivity contribution in [3.8, 4) is 0 Å². The van der Waals surface area contributed by atoms with Crippen LogP contribution in [0.3, 0.4) is 0 Å². The van der Waals surface area contributed by atoms with E-state index in [2.05, 4.69) is 0 Å². The second-order valence-electron chi connectivity index (χ2n) is 3.45. The quantitative estimate of drug-likeness (QED) is 0.282. The Morgan fingerprint density at radius 1 is 0.947 bits per heavy atom. The minimum atomic E-state index is -0.351. The zero-order chi connectivity index (χ0) is 14.2. The highest BCUT2D eigenvalue weighted by Gasteiger charge is 1.93. The van der Waals surface area contributed by atoms with E-state index in [1.807, 2.05) is 0 Å². The SMILES string of the molecule is CCOC(=O)/C=C/COCCOCCOCCOC. The van der Waals surface area contributed by atoms with E-state index in [0.717, 1.165) is 0 Å². The van der Waals surface area contributed by atoms with Gasteiger partial charge in [0.15, 0.2) is 0 Å². The molecule has 6 heteroatoms. The summed E-state index contributed by atoms with van der Waals surface area (Å²) in [5.41, 5.74) is 0. The lowest BCUT2D eigenvalue weighted by atomic mass is 10.5. The zero-order valence-corrected chi connectivity index (χ0v) is 11.8. The van der Waals surface area contributed by atoms with E-state index in [1.54, 1.807) is 20.1 Å². The van der Waals surface area contributed by atoms with Gasteiger partial charge in [-0.15, -0.1) is 0 Å². The molecule has 6 nitrogen and oxygen atoms in total. The first-order chi connectivity index (χ1) is 9.31. The fraction of sp³-hybridized carbons (Fsp3) is 0.769. The van der Waals surface area contributed by atoms with Crippen molar-refractivity contribution in [3.63, 3.8) is 0 Å². The summed E-state index contributed by atoms with van der Waals surface area (Å²) >= 11 is 0. The monoisotopic (exact) mass is 276 g/mol. The highest BCUT2D eigenvalue weighted by atomic mass is 16.6. The molecule has 0 aromatic heterocycles. The van der Waals surface area contributed by atoms with Gasteiger partial charge in [-0.25, -0.2) is 4.79 Å². The van der Waals surface area contributed by atoms with Crippen LogP contribution in [-0.4, -0.2) is 65.9 Å². The molecule has 0 aliphatic heterocycles. The number of hydrogen-bond acceptors (Lipinski definition) is 6. The van der Waals surface area contributed by atoms with E-state index >= 15 is 0 Å². The van der Waals surface area contributed by atoms with Gasteiger partial charge in [0.2, 0.25) is 0 Å². The Balaban J connectivity index is 3.12. The molecule has 0 amide bonds. The Hall–Kier alpha value is -0.950. The minimum absolute atomic E-state index is 0.351. The standard InChI is InChI=1S/C13H24O6/c1-3-19-13(14)5-4-6-16-9-10-18-12-11-17-8-7-15-2/h4-5H,3,6-12H2,1-2H3/b5-4+. The number of ether oxygens (including phenoxy) is 5. The molecule has 0 rings (SSSR count). The first kappa shape index (κ1) is 18.0. The van der Waals surface area contributed by atoms with Crippen molar-refractivity contribution >= 4 is 5.97 Å². The van der Waals surface area contributed by atoms with Crippen molar-refractivity contribution in [2.45, 2.75) is 6.92 Å². The number of esters is 1. The third-order valence-electron chi connectivity index (χ3n) is 1.93. The average Bonchev–Trinajstić information content (AvgIpc) is 2.40. The van der Waals surface area contributed by atoms with Crippen molar-refractivity contribution in [2.75, 3.05) is 60.0 Å². The second kappa shape index (κ2) is 15.1. The smallest absolute Gasteiger partial charge is 0.330 e. The van der Waals surface area contributed by atoms with E-state index in [-0.39, 0.29) is 5.97 Å². The second-order valence-corrected chi connectivity index (χ2v) is 3.45. The minimum Gasteiger partial charge on any atom is -0.463 e. The number of carbonyl (C=O) groups excluding carboxylic acids is 1. The summed E-state index contributed by atoms with van der Waals surface area (Å²) in [6.07, 6.45) is 2.97. The number of methoxy groups -OCH3 is 1. The van der Waals surface area contributed by atoms with Crippen LogP contribution < -0.4 is 0 Å². The maximum Gasteiger partial charge on any atom is 0.330 e. The van der Waals surface area contributed by atoms with Crippen LogP contribution in [0, 0.1) is 0 Å². The molecule has 0 heterocycles. The molecule has 0 radical (unpaired) electrons. The number of hydrogen-bond donors (Lipinski definition) is 0. The van der Waals surface area contributed by atoms with Gasteiger partial charge in [-0.2, -0.15) is 0 Å². The first-order valence-electron chi connectivity index (χ1n) is 6.36. The predicted octanol–water partition coefficient (Wildman–Crippen LogP) is 0.802. The predicted molar refractivity (Wildman–Crippen MR) is 70.1 cm³/mol. The van der Waals surface area contributed by atoms with Gasteiger partial charge in [-0.05, 0) is 6.92 Å². The fourth-order valence-electron chi connectivity index (χ4n) is 1.07. The lowest BCUT2D eigenvalue weighted by Crippen LogP contribution is -2.11. The molecule has 0 aliphatic rings. The van der Waals surface area contributed by atoms with Crippen LogP contribution >= 0.6 is 0 Å². The lowest BCUT2D eigenvalue weighted by molar-refractivity contribution is -0.137. The van der Waals surface area contributed by atoms with E-state index in [0.29, 0.717) is 52.9 Å². The third kappa shape index (κ3) is 15.0. The Kier molecular flexibility index (Phi) is 14.4. The molecule has 0 spiro atoms. The molecule has 0 fully saturated rings. The average molecular weight is 276 g/mol. The molecule has 0 saturated carbocycles. The van der Waals surface area contributed by atoms with Crippen molar-refractivity contribution in [3.05, 3.63) is 12.2 Å². The van der Waals surface area contributed by atoms with E-state index < -0.39 is 0 Å². The molecule has 0 aromatic rings. The van der Waals surface area contributed by atoms with E-state index in [4.69, 9.17) is 23.7 Å². The molecule has 0 unspecified atom stereocenters. The molecular weight excluding hydrogens is 252 g/mol. The first-order valence-corrected chi connectivity index (χ1v) is 6.36. The van der Waals surface area contributed by atoms with Gasteiger partial charge in [0.1, 0.15) is 0 Å². The maximum atomic E-state index is 10.9. The molecule has 0 saturated heterocycles. The molecule has 0 aliphatic carbocycles. The van der Waals surface area contributed by atoms with Crippen LogP contribution in [0.5, 0.6) is 0 Å². The van der Waals surface area contributed by atoms with Gasteiger partial charge < -0.3 is 23.7 Å². The molecule has 0 N–H and O–H groups in total. The Bertz CT molecular complexity index is 229. The maximum absolute atomic E-state index is 10.9. The normalized spacial score (nSPS) is 11.1. The van der Waals surface area contributed by atoms with Crippen LogP contribution in [-0.2, 0) is 28.5 Å². The van der Waals surface area contributed by atoms with Crippen molar-refractivity contribution in [2.24, 2.45) is 0 Å². The molecule has 0 atom stereocenters. The summed E-state index contributed by atoms with van der Waals surface area (Å²) in [6.45, 7) is 5.74. The lowest BCUT2D eigenvalue weighted by Gasteiger charge is -2.05. The molecule has 0 bridgehead atoms. The van der Waals surface area contributed by atoms with Gasteiger partial charge in [0, 0.05) is 13.2 Å². The van der Waals surface area contributed by atoms with Crippen molar-refractivity contribution in [1.82, 2.24) is 0 Å². The number of carbonyl (C=O) groups is 1. The van der Waals surface area contributed by atoms with Crippen molar-refractivity contribution in [1.29, 1.82) is 0 Å². The van der Waals surface area contributed by atoms with Crippen LogP contribution in [0.15, 0.2) is 12.2 Å². The van der Waals surface area contributed by atoms with Crippen LogP contribution in [0.1, 0.15) is 6.92 Å². The Morgan fingerprint density at radius 3 is 2.11 bits per heavy atom. The summed E-state index contributed by atoms with van der Waals surface area (Å²) in [7, 11) is 1.63. The van der Waals surface area contributed by atoms with Gasteiger partial charge in [-0.1, -0.05) is 6.08 Å². The highest BCUT2D eigenvalue weighted by Crippen LogP contribution is 1.85. The third-order valence-corrected chi connectivity index (χ3v) is 1.93. The van der Waals surface area contributed by atoms with Crippen LogP contribution in [0.2, 0.25) is 0 Å². The van der Waals surface area contributed by atoms with Crippen molar-refractivity contribution < 1.29 is 28.5 Å². The molecule has 19 heavy (non-hydrogen) atoms. The summed E-state index contributed by atoms with van der Waals surface area (Å²) in [6, 6.07) is 0. The summed E-state index contributed by atoms with van der Waals surface area (Å²) in [5.74, 6) is -0.351. The molecule has 0 aromatic carbocycles. The largest absolute Gasteiger partial charge is 0.463 e. The fourth-order valence-corrected chi connectivity index (χ4v) is 1.07. The van der Waals surface area contributed by atoms with Gasteiger partial charge in [0.05, 0.1) is 52.9 Å².